The summed E-state index contributed by atoms with van der Waals surface area (Å²) in [5.41, 5.74) is 2.96. The van der Waals surface area contributed by atoms with Crippen molar-refractivity contribution in [2.45, 2.75) is 51.0 Å². The molecule has 4 rings (SSSR count). The maximum absolute atomic E-state index is 13.2. The Hall–Kier alpha value is -2.47. The average molecular weight is 397 g/mol. The minimum atomic E-state index is -0.645. The Balaban J connectivity index is 1.72. The molecule has 1 fully saturated rings. The number of ether oxygens (including phenoxy) is 3. The number of Topliss-reactive ketones (excluding diaryl/α,β-unsaturated/α-hetero) is 1. The number of methoxy groups -OCH3 is 1. The number of carbonyl (C=O) groups excluding carboxylic acids is 2. The van der Waals surface area contributed by atoms with Gasteiger partial charge in [0.05, 0.1) is 13.2 Å². The maximum atomic E-state index is 13.2. The van der Waals surface area contributed by atoms with Crippen LogP contribution in [0.4, 0.5) is 0 Å². The minimum absolute atomic E-state index is 0.0458. The molecule has 6 nitrogen and oxygen atoms in total. The van der Waals surface area contributed by atoms with E-state index in [-0.39, 0.29) is 24.5 Å². The monoisotopic (exact) mass is 397 g/mol. The van der Waals surface area contributed by atoms with Gasteiger partial charge in [0, 0.05) is 41.5 Å². The average Bonchev–Trinajstić information content (AvgIpc) is 3.25. The summed E-state index contributed by atoms with van der Waals surface area (Å²) in [5, 5.41) is 0. The van der Waals surface area contributed by atoms with Gasteiger partial charge in [0.1, 0.15) is 18.3 Å². The summed E-state index contributed by atoms with van der Waals surface area (Å²) in [5.74, 6) is -0.718. The van der Waals surface area contributed by atoms with Crippen molar-refractivity contribution in [1.82, 2.24) is 0 Å². The van der Waals surface area contributed by atoms with E-state index in [0.717, 1.165) is 36.9 Å². The molecule has 0 radical (unpaired) electrons. The molecule has 3 atom stereocenters. The Morgan fingerprint density at radius 2 is 2.07 bits per heavy atom. The van der Waals surface area contributed by atoms with Gasteiger partial charge in [-0.1, -0.05) is 18.2 Å². The van der Waals surface area contributed by atoms with Crippen molar-refractivity contribution in [3.63, 3.8) is 0 Å². The van der Waals surface area contributed by atoms with Crippen LogP contribution >= 0.6 is 0 Å². The number of rotatable bonds is 5. The van der Waals surface area contributed by atoms with E-state index < -0.39 is 11.8 Å². The molecule has 1 saturated heterocycles. The first kappa shape index (κ1) is 19.8. The van der Waals surface area contributed by atoms with Gasteiger partial charge in [0.2, 0.25) is 0 Å². The van der Waals surface area contributed by atoms with Gasteiger partial charge in [0.25, 0.3) is 0 Å². The van der Waals surface area contributed by atoms with Gasteiger partial charge in [-0.25, -0.2) is 0 Å². The Kier molecular flexibility index (Phi) is 5.81. The van der Waals surface area contributed by atoms with Crippen LogP contribution in [0.3, 0.4) is 0 Å². The fourth-order valence-corrected chi connectivity index (χ4v) is 4.61. The highest BCUT2D eigenvalue weighted by Crippen LogP contribution is 2.46. The standard InChI is InChI=1S/C23H27NO5/c1-14-20(23(26)29-13-15-7-6-12-28-15)21(16-8-3-4-11-19(16)27-2)22-17(24-14)9-5-10-18(22)25/h3-4,8,11,15,20-21H,5-7,9-10,12-13H2,1-2H3/t15-,20?,21+/m0/s1. The first-order valence-corrected chi connectivity index (χ1v) is 10.3. The topological polar surface area (TPSA) is 74.2 Å². The number of allylic oxidation sites excluding steroid dienone is 2. The van der Waals surface area contributed by atoms with Crippen molar-refractivity contribution in [1.29, 1.82) is 0 Å². The highest BCUT2D eigenvalue weighted by atomic mass is 16.6. The summed E-state index contributed by atoms with van der Waals surface area (Å²) in [7, 11) is 1.60. The Morgan fingerprint density at radius 3 is 2.83 bits per heavy atom. The van der Waals surface area contributed by atoms with Crippen molar-refractivity contribution < 1.29 is 23.8 Å². The van der Waals surface area contributed by atoms with Crippen LogP contribution in [0.15, 0.2) is 40.5 Å². The fourth-order valence-electron chi connectivity index (χ4n) is 4.61. The van der Waals surface area contributed by atoms with Gasteiger partial charge in [-0.3, -0.25) is 14.6 Å². The number of esters is 1. The number of hydrogen-bond donors (Lipinski definition) is 0. The molecule has 0 saturated carbocycles. The summed E-state index contributed by atoms with van der Waals surface area (Å²) < 4.78 is 16.8. The smallest absolute Gasteiger partial charge is 0.315 e. The molecule has 3 aliphatic rings. The third-order valence-corrected chi connectivity index (χ3v) is 6.00. The minimum Gasteiger partial charge on any atom is -0.496 e. The number of hydrogen-bond acceptors (Lipinski definition) is 6. The van der Waals surface area contributed by atoms with Gasteiger partial charge in [-0.2, -0.15) is 0 Å². The van der Waals surface area contributed by atoms with E-state index in [9.17, 15) is 9.59 Å². The van der Waals surface area contributed by atoms with Crippen LogP contribution in [0.5, 0.6) is 5.75 Å². The fraction of sp³-hybridized carbons (Fsp3) is 0.522. The maximum Gasteiger partial charge on any atom is 0.315 e. The first-order valence-electron chi connectivity index (χ1n) is 10.3. The lowest BCUT2D eigenvalue weighted by Gasteiger charge is -2.35. The largest absolute Gasteiger partial charge is 0.496 e. The highest BCUT2D eigenvalue weighted by Gasteiger charge is 2.44. The number of nitrogens with zero attached hydrogens (tertiary/aromatic N) is 1. The van der Waals surface area contributed by atoms with Gasteiger partial charge in [0.15, 0.2) is 5.78 Å². The van der Waals surface area contributed by atoms with Crippen LogP contribution in [0.2, 0.25) is 0 Å². The lowest BCUT2D eigenvalue weighted by atomic mass is 9.71. The second-order valence-electron chi connectivity index (χ2n) is 7.85. The normalized spacial score (nSPS) is 26.8. The molecule has 1 unspecified atom stereocenters. The molecular weight excluding hydrogens is 370 g/mol. The van der Waals surface area contributed by atoms with Crippen molar-refractivity contribution in [2.24, 2.45) is 10.9 Å². The van der Waals surface area contributed by atoms with Crippen LogP contribution in [0, 0.1) is 5.92 Å². The molecule has 154 valence electrons. The summed E-state index contributed by atoms with van der Waals surface area (Å²) in [6.45, 7) is 2.80. The quantitative estimate of drug-likeness (QED) is 0.710. The molecule has 2 heterocycles. The molecule has 6 heteroatoms. The van der Waals surface area contributed by atoms with Crippen LogP contribution in [0.25, 0.3) is 0 Å². The summed E-state index contributed by atoms with van der Waals surface area (Å²) in [4.78, 5) is 30.8. The molecule has 1 aliphatic carbocycles. The molecule has 0 amide bonds. The van der Waals surface area contributed by atoms with Crippen molar-refractivity contribution >= 4 is 17.5 Å². The number of ketones is 1. The van der Waals surface area contributed by atoms with Gasteiger partial charge >= 0.3 is 5.97 Å². The third-order valence-electron chi connectivity index (χ3n) is 6.00. The molecule has 29 heavy (non-hydrogen) atoms. The number of aliphatic imine (C=N–C) groups is 1. The SMILES string of the molecule is COc1ccccc1[C@H]1C2=C(CCCC2=O)N=C(C)C1C(=O)OC[C@@H]1CCCO1. The van der Waals surface area contributed by atoms with E-state index in [1.807, 2.05) is 31.2 Å². The molecular formula is C23H27NO5. The first-order chi connectivity index (χ1) is 14.1. The molecule has 0 bridgehead atoms. The summed E-state index contributed by atoms with van der Waals surface area (Å²) in [6, 6.07) is 7.57. The van der Waals surface area contributed by atoms with E-state index in [0.29, 0.717) is 30.1 Å². The van der Waals surface area contributed by atoms with Crippen molar-refractivity contribution in [3.05, 3.63) is 41.1 Å². The molecule has 2 aliphatic heterocycles. The van der Waals surface area contributed by atoms with Crippen molar-refractivity contribution in [2.75, 3.05) is 20.3 Å². The van der Waals surface area contributed by atoms with E-state index in [4.69, 9.17) is 14.2 Å². The summed E-state index contributed by atoms with van der Waals surface area (Å²) >= 11 is 0. The van der Waals surface area contributed by atoms with Crippen LogP contribution in [-0.2, 0) is 19.1 Å². The second-order valence-corrected chi connectivity index (χ2v) is 7.85. The van der Waals surface area contributed by atoms with E-state index in [2.05, 4.69) is 4.99 Å². The molecule has 0 spiro atoms. The van der Waals surface area contributed by atoms with Gasteiger partial charge in [-0.05, 0) is 38.7 Å². The van der Waals surface area contributed by atoms with Gasteiger partial charge in [-0.15, -0.1) is 0 Å². The van der Waals surface area contributed by atoms with Crippen molar-refractivity contribution in [3.8, 4) is 5.75 Å². The van der Waals surface area contributed by atoms with E-state index in [1.165, 1.54) is 0 Å². The van der Waals surface area contributed by atoms with Crippen LogP contribution in [0.1, 0.15) is 50.5 Å². The molecule has 1 aromatic carbocycles. The zero-order chi connectivity index (χ0) is 20.4. The molecule has 0 N–H and O–H groups in total. The number of para-hydroxylation sites is 1. The zero-order valence-corrected chi connectivity index (χ0v) is 17.0. The Morgan fingerprint density at radius 1 is 1.24 bits per heavy atom. The van der Waals surface area contributed by atoms with E-state index >= 15 is 0 Å². The molecule has 1 aromatic rings. The number of carbonyl (C=O) groups is 2. The number of benzene rings is 1. The second kappa shape index (κ2) is 8.49. The Bertz CT molecular complexity index is 866. The predicted octanol–water partition coefficient (Wildman–Crippen LogP) is 3.60. The summed E-state index contributed by atoms with van der Waals surface area (Å²) in [6.07, 6.45) is 3.87. The van der Waals surface area contributed by atoms with Crippen LogP contribution in [-0.4, -0.2) is 43.9 Å². The zero-order valence-electron chi connectivity index (χ0n) is 17.0. The van der Waals surface area contributed by atoms with Crippen LogP contribution < -0.4 is 4.74 Å². The molecule has 0 aromatic heterocycles. The lowest BCUT2D eigenvalue weighted by molar-refractivity contribution is -0.149. The van der Waals surface area contributed by atoms with E-state index in [1.54, 1.807) is 7.11 Å². The Labute approximate surface area is 170 Å². The predicted molar refractivity (Wildman–Crippen MR) is 108 cm³/mol. The highest BCUT2D eigenvalue weighted by molar-refractivity contribution is 6.09. The van der Waals surface area contributed by atoms with Gasteiger partial charge < -0.3 is 14.2 Å². The lowest BCUT2D eigenvalue weighted by Crippen LogP contribution is -2.38. The third kappa shape index (κ3) is 3.86.